The molecule has 1 aliphatic heterocycles. The Morgan fingerprint density at radius 1 is 1.26 bits per heavy atom. The van der Waals surface area contributed by atoms with Gasteiger partial charge in [-0.3, -0.25) is 4.98 Å². The van der Waals surface area contributed by atoms with Crippen LogP contribution < -0.4 is 10.6 Å². The van der Waals surface area contributed by atoms with E-state index in [9.17, 15) is 0 Å². The predicted octanol–water partition coefficient (Wildman–Crippen LogP) is 3.58. The number of fused-ring (bicyclic) bond motifs is 1. The van der Waals surface area contributed by atoms with Crippen LogP contribution in [0.15, 0.2) is 30.6 Å². The molecule has 0 spiro atoms. The van der Waals surface area contributed by atoms with Gasteiger partial charge in [-0.1, -0.05) is 6.92 Å². The second kappa shape index (κ2) is 4.72. The Labute approximate surface area is 114 Å². The quantitative estimate of drug-likeness (QED) is 0.834. The van der Waals surface area contributed by atoms with E-state index in [0.717, 1.165) is 11.1 Å². The summed E-state index contributed by atoms with van der Waals surface area (Å²) < 4.78 is 0. The maximum atomic E-state index is 6.08. The van der Waals surface area contributed by atoms with Gasteiger partial charge in [-0.2, -0.15) is 0 Å². The summed E-state index contributed by atoms with van der Waals surface area (Å²) in [4.78, 5) is 6.84. The number of pyridine rings is 1. The van der Waals surface area contributed by atoms with Gasteiger partial charge >= 0.3 is 0 Å². The van der Waals surface area contributed by atoms with Crippen molar-refractivity contribution in [3.05, 3.63) is 30.6 Å². The van der Waals surface area contributed by atoms with Crippen LogP contribution in [0.1, 0.15) is 33.1 Å². The van der Waals surface area contributed by atoms with Gasteiger partial charge in [0.25, 0.3) is 0 Å². The van der Waals surface area contributed by atoms with Gasteiger partial charge in [0.1, 0.15) is 0 Å². The molecule has 3 heteroatoms. The lowest BCUT2D eigenvalue weighted by Gasteiger charge is -2.31. The van der Waals surface area contributed by atoms with E-state index >= 15 is 0 Å². The van der Waals surface area contributed by atoms with Crippen LogP contribution in [0.2, 0.25) is 0 Å². The van der Waals surface area contributed by atoms with Gasteiger partial charge in [-0.15, -0.1) is 0 Å². The lowest BCUT2D eigenvalue weighted by Crippen LogP contribution is -2.34. The fourth-order valence-corrected chi connectivity index (χ4v) is 3.33. The van der Waals surface area contributed by atoms with Crippen LogP contribution in [-0.2, 0) is 0 Å². The highest BCUT2D eigenvalue weighted by Crippen LogP contribution is 2.37. The Morgan fingerprint density at radius 3 is 2.89 bits per heavy atom. The molecule has 2 unspecified atom stereocenters. The Morgan fingerprint density at radius 2 is 2.11 bits per heavy atom. The molecule has 1 aromatic heterocycles. The monoisotopic (exact) mass is 255 g/mol. The van der Waals surface area contributed by atoms with Crippen LogP contribution >= 0.6 is 0 Å². The molecule has 0 amide bonds. The third-order valence-electron chi connectivity index (χ3n) is 4.36. The summed E-state index contributed by atoms with van der Waals surface area (Å²) in [6.45, 7) is 4.58. The molecule has 1 aromatic carbocycles. The van der Waals surface area contributed by atoms with Crippen LogP contribution in [0.4, 0.5) is 11.4 Å². The van der Waals surface area contributed by atoms with Crippen molar-refractivity contribution in [3.8, 4) is 0 Å². The van der Waals surface area contributed by atoms with Crippen molar-refractivity contribution in [2.24, 2.45) is 0 Å². The molecule has 1 fully saturated rings. The first-order chi connectivity index (χ1) is 9.22. The number of nitrogens with zero attached hydrogens (tertiary/aromatic N) is 2. The summed E-state index contributed by atoms with van der Waals surface area (Å²) in [5.41, 5.74) is 8.20. The van der Waals surface area contributed by atoms with Gasteiger partial charge in [0.05, 0.1) is 0 Å². The van der Waals surface area contributed by atoms with Crippen molar-refractivity contribution in [2.75, 3.05) is 10.6 Å². The number of hydrogen-bond donors (Lipinski definition) is 1. The molecule has 0 saturated carbocycles. The molecule has 2 N–H and O–H groups in total. The minimum atomic E-state index is 0.594. The number of hydrogen-bond acceptors (Lipinski definition) is 3. The SMILES string of the molecule is CCC1CCC(C)N1c1ccc(N)c2ccncc12. The smallest absolute Gasteiger partial charge is 0.0468 e. The highest BCUT2D eigenvalue weighted by Gasteiger charge is 2.30. The Hall–Kier alpha value is -1.77. The first-order valence-electron chi connectivity index (χ1n) is 7.13. The maximum absolute atomic E-state index is 6.08. The Kier molecular flexibility index (Phi) is 3.05. The van der Waals surface area contributed by atoms with Gasteiger partial charge < -0.3 is 10.6 Å². The van der Waals surface area contributed by atoms with Crippen LogP contribution in [0.25, 0.3) is 10.8 Å². The fraction of sp³-hybridized carbons (Fsp3) is 0.438. The molecule has 19 heavy (non-hydrogen) atoms. The summed E-state index contributed by atoms with van der Waals surface area (Å²) in [5, 5.41) is 2.29. The highest BCUT2D eigenvalue weighted by molar-refractivity contribution is 6.01. The zero-order valence-corrected chi connectivity index (χ0v) is 11.6. The lowest BCUT2D eigenvalue weighted by molar-refractivity contribution is 0.630. The number of anilines is 2. The van der Waals surface area contributed by atoms with Gasteiger partial charge in [0.15, 0.2) is 0 Å². The lowest BCUT2D eigenvalue weighted by atomic mass is 10.1. The minimum absolute atomic E-state index is 0.594. The summed E-state index contributed by atoms with van der Waals surface area (Å²) in [6, 6.07) is 7.42. The van der Waals surface area contributed by atoms with E-state index in [1.165, 1.54) is 30.3 Å². The molecule has 2 atom stereocenters. The van der Waals surface area contributed by atoms with Crippen molar-refractivity contribution in [1.29, 1.82) is 0 Å². The third-order valence-corrected chi connectivity index (χ3v) is 4.36. The van der Waals surface area contributed by atoms with E-state index in [4.69, 9.17) is 5.73 Å². The zero-order chi connectivity index (χ0) is 13.4. The summed E-state index contributed by atoms with van der Waals surface area (Å²) in [6.07, 6.45) is 7.50. The van der Waals surface area contributed by atoms with Crippen molar-refractivity contribution in [2.45, 2.75) is 45.2 Å². The number of rotatable bonds is 2. The van der Waals surface area contributed by atoms with Gasteiger partial charge in [0.2, 0.25) is 0 Å². The van der Waals surface area contributed by atoms with Crippen molar-refractivity contribution in [3.63, 3.8) is 0 Å². The number of aromatic nitrogens is 1. The number of nitrogens with two attached hydrogens (primary N) is 1. The second-order valence-electron chi connectivity index (χ2n) is 5.49. The molecule has 2 aromatic rings. The molecule has 3 rings (SSSR count). The Bertz CT molecular complexity index is 594. The van der Waals surface area contributed by atoms with Gasteiger partial charge in [-0.05, 0) is 44.4 Å². The van der Waals surface area contributed by atoms with E-state index in [1.54, 1.807) is 0 Å². The second-order valence-corrected chi connectivity index (χ2v) is 5.49. The topological polar surface area (TPSA) is 42.1 Å². The number of nitrogen functional groups attached to an aromatic ring is 1. The molecule has 1 aliphatic rings. The number of benzene rings is 1. The normalized spacial score (nSPS) is 23.2. The van der Waals surface area contributed by atoms with E-state index in [-0.39, 0.29) is 0 Å². The largest absolute Gasteiger partial charge is 0.398 e. The molecule has 3 nitrogen and oxygen atoms in total. The first kappa shape index (κ1) is 12.3. The molecule has 0 aliphatic carbocycles. The molecule has 100 valence electrons. The summed E-state index contributed by atoms with van der Waals surface area (Å²) in [5.74, 6) is 0. The molecular weight excluding hydrogens is 234 g/mol. The first-order valence-corrected chi connectivity index (χ1v) is 7.13. The van der Waals surface area contributed by atoms with Crippen molar-refractivity contribution in [1.82, 2.24) is 4.98 Å². The maximum Gasteiger partial charge on any atom is 0.0468 e. The van der Waals surface area contributed by atoms with Gasteiger partial charge in [-0.25, -0.2) is 0 Å². The zero-order valence-electron chi connectivity index (χ0n) is 11.6. The van der Waals surface area contributed by atoms with E-state index in [0.29, 0.717) is 12.1 Å². The van der Waals surface area contributed by atoms with E-state index < -0.39 is 0 Å². The molecule has 0 bridgehead atoms. The fourth-order valence-electron chi connectivity index (χ4n) is 3.33. The molecule has 2 heterocycles. The Balaban J connectivity index is 2.17. The van der Waals surface area contributed by atoms with E-state index in [1.807, 2.05) is 24.5 Å². The van der Waals surface area contributed by atoms with Crippen LogP contribution in [0.5, 0.6) is 0 Å². The van der Waals surface area contributed by atoms with E-state index in [2.05, 4.69) is 29.8 Å². The standard InChI is InChI=1S/C16H21N3/c1-3-12-5-4-11(2)19(12)16-7-6-15(17)13-8-9-18-10-14(13)16/h6-12H,3-5,17H2,1-2H3. The third kappa shape index (κ3) is 1.93. The van der Waals surface area contributed by atoms with Crippen LogP contribution in [-0.4, -0.2) is 17.1 Å². The average Bonchev–Trinajstić information content (AvgIpc) is 2.81. The molecular formula is C16H21N3. The summed E-state index contributed by atoms with van der Waals surface area (Å²) >= 11 is 0. The van der Waals surface area contributed by atoms with Crippen LogP contribution in [0, 0.1) is 0 Å². The van der Waals surface area contributed by atoms with Gasteiger partial charge in [0, 0.05) is 46.6 Å². The van der Waals surface area contributed by atoms with Crippen molar-refractivity contribution >= 4 is 22.1 Å². The minimum Gasteiger partial charge on any atom is -0.398 e. The van der Waals surface area contributed by atoms with Crippen LogP contribution in [0.3, 0.4) is 0 Å². The highest BCUT2D eigenvalue weighted by atomic mass is 15.2. The molecule has 0 radical (unpaired) electrons. The average molecular weight is 255 g/mol. The predicted molar refractivity (Wildman–Crippen MR) is 81.4 cm³/mol. The molecule has 1 saturated heterocycles. The van der Waals surface area contributed by atoms with Crippen molar-refractivity contribution < 1.29 is 0 Å². The summed E-state index contributed by atoms with van der Waals surface area (Å²) in [7, 11) is 0.